The molecular formula is C14H29IN4O2. The van der Waals surface area contributed by atoms with Crippen molar-refractivity contribution in [3.05, 3.63) is 12.7 Å². The summed E-state index contributed by atoms with van der Waals surface area (Å²) in [5.74, 6) is 0.703. The SMILES string of the molecule is C=CCNC(=NCC(C)(O)CN1CCOCC1)NCC.I. The molecule has 124 valence electrons. The second-order valence-corrected chi connectivity index (χ2v) is 5.25. The maximum absolute atomic E-state index is 10.4. The lowest BCUT2D eigenvalue weighted by Crippen LogP contribution is -2.48. The number of rotatable bonds is 7. The fraction of sp³-hybridized carbons (Fsp3) is 0.786. The average molecular weight is 412 g/mol. The highest BCUT2D eigenvalue weighted by atomic mass is 127. The molecule has 0 aliphatic carbocycles. The van der Waals surface area contributed by atoms with Crippen LogP contribution in [0, 0.1) is 0 Å². The van der Waals surface area contributed by atoms with E-state index in [4.69, 9.17) is 4.74 Å². The van der Waals surface area contributed by atoms with Crippen LogP contribution < -0.4 is 10.6 Å². The lowest BCUT2D eigenvalue weighted by atomic mass is 10.1. The van der Waals surface area contributed by atoms with Crippen LogP contribution in [0.4, 0.5) is 0 Å². The Balaban J connectivity index is 0.00000400. The molecule has 0 spiro atoms. The van der Waals surface area contributed by atoms with Crippen LogP contribution >= 0.6 is 24.0 Å². The molecular weight excluding hydrogens is 383 g/mol. The Morgan fingerprint density at radius 2 is 2.10 bits per heavy atom. The fourth-order valence-electron chi connectivity index (χ4n) is 2.05. The summed E-state index contributed by atoms with van der Waals surface area (Å²) in [6.45, 7) is 13.1. The van der Waals surface area contributed by atoms with Crippen molar-refractivity contribution < 1.29 is 9.84 Å². The van der Waals surface area contributed by atoms with Crippen molar-refractivity contribution >= 4 is 29.9 Å². The van der Waals surface area contributed by atoms with Crippen LogP contribution in [-0.2, 0) is 4.74 Å². The molecule has 0 aromatic heterocycles. The molecule has 21 heavy (non-hydrogen) atoms. The lowest BCUT2D eigenvalue weighted by Gasteiger charge is -2.33. The minimum atomic E-state index is -0.839. The summed E-state index contributed by atoms with van der Waals surface area (Å²) in [4.78, 5) is 6.64. The summed E-state index contributed by atoms with van der Waals surface area (Å²) in [7, 11) is 0. The third-order valence-corrected chi connectivity index (χ3v) is 3.00. The number of morpholine rings is 1. The van der Waals surface area contributed by atoms with E-state index in [1.54, 1.807) is 6.08 Å². The van der Waals surface area contributed by atoms with E-state index in [2.05, 4.69) is 27.1 Å². The molecule has 1 fully saturated rings. The number of aliphatic hydroxyl groups is 1. The van der Waals surface area contributed by atoms with Gasteiger partial charge in [0.2, 0.25) is 0 Å². The number of guanidine groups is 1. The average Bonchev–Trinajstić information content (AvgIpc) is 2.42. The van der Waals surface area contributed by atoms with E-state index in [1.807, 2.05) is 13.8 Å². The summed E-state index contributed by atoms with van der Waals surface area (Å²) in [5, 5.41) is 16.7. The van der Waals surface area contributed by atoms with Crippen molar-refractivity contribution in [1.29, 1.82) is 0 Å². The number of ether oxygens (including phenoxy) is 1. The quantitative estimate of drug-likeness (QED) is 0.245. The standard InChI is InChI=1S/C14H28N4O2.HI/c1-4-6-16-13(15-5-2)17-11-14(3,19)12-18-7-9-20-10-8-18;/h4,19H,1,5-12H2,2-3H3,(H2,15,16,17);1H. The molecule has 1 aliphatic heterocycles. The molecule has 1 unspecified atom stereocenters. The molecule has 1 saturated heterocycles. The normalized spacial score (nSPS) is 19.3. The molecule has 1 rings (SSSR count). The van der Waals surface area contributed by atoms with Gasteiger partial charge in [-0.3, -0.25) is 9.89 Å². The summed E-state index contributed by atoms with van der Waals surface area (Å²) in [6.07, 6.45) is 1.78. The van der Waals surface area contributed by atoms with E-state index in [1.165, 1.54) is 0 Å². The first-order valence-corrected chi connectivity index (χ1v) is 7.23. The highest BCUT2D eigenvalue weighted by Crippen LogP contribution is 2.09. The van der Waals surface area contributed by atoms with Gasteiger partial charge in [0.15, 0.2) is 5.96 Å². The molecule has 1 atom stereocenters. The Morgan fingerprint density at radius 3 is 2.67 bits per heavy atom. The van der Waals surface area contributed by atoms with Gasteiger partial charge in [-0.1, -0.05) is 6.08 Å². The van der Waals surface area contributed by atoms with Gasteiger partial charge in [-0.25, -0.2) is 0 Å². The maximum atomic E-state index is 10.4. The lowest BCUT2D eigenvalue weighted by molar-refractivity contribution is -0.0179. The first-order valence-electron chi connectivity index (χ1n) is 7.23. The predicted octanol–water partition coefficient (Wildman–Crippen LogP) is 0.429. The number of nitrogens with zero attached hydrogens (tertiary/aromatic N) is 2. The number of hydrogen-bond donors (Lipinski definition) is 3. The van der Waals surface area contributed by atoms with E-state index in [0.29, 0.717) is 25.6 Å². The molecule has 0 amide bonds. The number of β-amino-alcohol motifs (C(OH)–C–C–N with tert-alkyl or cyclic N) is 1. The third kappa shape index (κ3) is 9.28. The molecule has 1 heterocycles. The van der Waals surface area contributed by atoms with Gasteiger partial charge in [0.05, 0.1) is 25.4 Å². The Morgan fingerprint density at radius 1 is 1.43 bits per heavy atom. The van der Waals surface area contributed by atoms with Crippen molar-refractivity contribution in [2.75, 3.05) is 52.5 Å². The van der Waals surface area contributed by atoms with E-state index in [9.17, 15) is 5.11 Å². The summed E-state index contributed by atoms with van der Waals surface area (Å²) >= 11 is 0. The number of hydrogen-bond acceptors (Lipinski definition) is 4. The molecule has 0 saturated carbocycles. The molecule has 0 aromatic carbocycles. The Kier molecular flexibility index (Phi) is 11.0. The molecule has 3 N–H and O–H groups in total. The van der Waals surface area contributed by atoms with E-state index in [0.717, 1.165) is 32.8 Å². The molecule has 0 radical (unpaired) electrons. The smallest absolute Gasteiger partial charge is 0.191 e. The van der Waals surface area contributed by atoms with Crippen LogP contribution in [0.25, 0.3) is 0 Å². The maximum Gasteiger partial charge on any atom is 0.191 e. The Bertz CT molecular complexity index is 318. The van der Waals surface area contributed by atoms with E-state index in [-0.39, 0.29) is 24.0 Å². The van der Waals surface area contributed by atoms with Crippen LogP contribution in [0.3, 0.4) is 0 Å². The van der Waals surface area contributed by atoms with Gasteiger partial charge in [-0.15, -0.1) is 30.6 Å². The molecule has 6 nitrogen and oxygen atoms in total. The highest BCUT2D eigenvalue weighted by molar-refractivity contribution is 14.0. The van der Waals surface area contributed by atoms with Gasteiger partial charge in [-0.2, -0.15) is 0 Å². The van der Waals surface area contributed by atoms with Crippen molar-refractivity contribution in [3.63, 3.8) is 0 Å². The minimum Gasteiger partial charge on any atom is -0.387 e. The topological polar surface area (TPSA) is 69.1 Å². The van der Waals surface area contributed by atoms with Crippen LogP contribution in [-0.4, -0.2) is 74.0 Å². The van der Waals surface area contributed by atoms with Gasteiger partial charge in [0.1, 0.15) is 0 Å². The summed E-state index contributed by atoms with van der Waals surface area (Å²) < 4.78 is 5.31. The van der Waals surface area contributed by atoms with E-state index >= 15 is 0 Å². The Hall–Kier alpha value is -0.380. The first kappa shape index (κ1) is 20.6. The molecule has 0 aromatic rings. The summed E-state index contributed by atoms with van der Waals surface area (Å²) in [6, 6.07) is 0. The zero-order valence-corrected chi connectivity index (χ0v) is 15.4. The second-order valence-electron chi connectivity index (χ2n) is 5.25. The third-order valence-electron chi connectivity index (χ3n) is 3.00. The molecule has 7 heteroatoms. The van der Waals surface area contributed by atoms with Crippen LogP contribution in [0.2, 0.25) is 0 Å². The van der Waals surface area contributed by atoms with E-state index < -0.39 is 5.60 Å². The van der Waals surface area contributed by atoms with Gasteiger partial charge in [0.25, 0.3) is 0 Å². The summed E-state index contributed by atoms with van der Waals surface area (Å²) in [5.41, 5.74) is -0.839. The minimum absolute atomic E-state index is 0. The van der Waals surface area contributed by atoms with Crippen molar-refractivity contribution in [2.45, 2.75) is 19.4 Å². The van der Waals surface area contributed by atoms with Gasteiger partial charge in [-0.05, 0) is 13.8 Å². The molecule has 0 bridgehead atoms. The van der Waals surface area contributed by atoms with Gasteiger partial charge >= 0.3 is 0 Å². The van der Waals surface area contributed by atoms with Crippen LogP contribution in [0.5, 0.6) is 0 Å². The van der Waals surface area contributed by atoms with Crippen LogP contribution in [0.1, 0.15) is 13.8 Å². The van der Waals surface area contributed by atoms with Crippen molar-refractivity contribution in [2.24, 2.45) is 4.99 Å². The number of halogens is 1. The number of nitrogens with one attached hydrogen (secondary N) is 2. The number of aliphatic imine (C=N–C) groups is 1. The van der Waals surface area contributed by atoms with Gasteiger partial charge < -0.3 is 20.5 Å². The Labute approximate surface area is 145 Å². The zero-order chi connectivity index (χ0) is 14.8. The first-order chi connectivity index (χ1) is 9.57. The second kappa shape index (κ2) is 11.2. The fourth-order valence-corrected chi connectivity index (χ4v) is 2.05. The van der Waals surface area contributed by atoms with Crippen molar-refractivity contribution in [3.8, 4) is 0 Å². The molecule has 1 aliphatic rings. The largest absolute Gasteiger partial charge is 0.387 e. The monoisotopic (exact) mass is 412 g/mol. The zero-order valence-electron chi connectivity index (χ0n) is 13.1. The predicted molar refractivity (Wildman–Crippen MR) is 97.5 cm³/mol. The van der Waals surface area contributed by atoms with Gasteiger partial charge in [0, 0.05) is 32.7 Å². The van der Waals surface area contributed by atoms with Crippen molar-refractivity contribution in [1.82, 2.24) is 15.5 Å². The van der Waals surface area contributed by atoms with Crippen LogP contribution in [0.15, 0.2) is 17.6 Å². The highest BCUT2D eigenvalue weighted by Gasteiger charge is 2.25.